The minimum absolute atomic E-state index is 0.234. The Balaban J connectivity index is 2.60. The summed E-state index contributed by atoms with van der Waals surface area (Å²) in [4.78, 5) is 15.2. The Kier molecular flexibility index (Phi) is 3.85. The highest BCUT2D eigenvalue weighted by Gasteiger charge is 2.10. The number of pyridine rings is 1. The first-order valence-electron chi connectivity index (χ1n) is 4.31. The zero-order chi connectivity index (χ0) is 10.6. The quantitative estimate of drug-likeness (QED) is 0.798. The van der Waals surface area contributed by atoms with E-state index in [1.54, 1.807) is 12.1 Å². The highest BCUT2D eigenvalue weighted by molar-refractivity contribution is 6.30. The normalized spacial score (nSPS) is 12.2. The topological polar surface area (TPSA) is 68.0 Å². The zero-order valence-corrected chi connectivity index (χ0v) is 8.58. The van der Waals surface area contributed by atoms with Crippen LogP contribution in [0.1, 0.15) is 13.3 Å². The molecule has 0 saturated carbocycles. The molecule has 4 nitrogen and oxygen atoms in total. The van der Waals surface area contributed by atoms with Crippen molar-refractivity contribution < 1.29 is 4.79 Å². The lowest BCUT2D eigenvalue weighted by molar-refractivity contribution is -0.117. The first kappa shape index (κ1) is 10.9. The number of nitrogens with zero attached hydrogens (tertiary/aromatic N) is 1. The average Bonchev–Trinajstić information content (AvgIpc) is 2.20. The van der Waals surface area contributed by atoms with Gasteiger partial charge in [0.1, 0.15) is 5.82 Å². The molecule has 1 aromatic heterocycles. The molecule has 1 amide bonds. The van der Waals surface area contributed by atoms with Crippen molar-refractivity contribution in [3.05, 3.63) is 23.4 Å². The number of rotatable bonds is 3. The molecule has 0 fully saturated rings. The van der Waals surface area contributed by atoms with Crippen LogP contribution >= 0.6 is 11.6 Å². The van der Waals surface area contributed by atoms with Gasteiger partial charge < -0.3 is 11.1 Å². The summed E-state index contributed by atoms with van der Waals surface area (Å²) < 4.78 is 0. The van der Waals surface area contributed by atoms with Gasteiger partial charge in [-0.1, -0.05) is 18.5 Å². The second-order valence-corrected chi connectivity index (χ2v) is 3.30. The van der Waals surface area contributed by atoms with Gasteiger partial charge in [0, 0.05) is 6.20 Å². The summed E-state index contributed by atoms with van der Waals surface area (Å²) in [5.41, 5.74) is 5.53. The third-order valence-electron chi connectivity index (χ3n) is 1.76. The van der Waals surface area contributed by atoms with E-state index in [2.05, 4.69) is 10.3 Å². The Morgan fingerprint density at radius 1 is 1.71 bits per heavy atom. The number of hydrogen-bond acceptors (Lipinski definition) is 3. The summed E-state index contributed by atoms with van der Waals surface area (Å²) in [6, 6.07) is 2.79. The molecule has 0 radical (unpaired) electrons. The molecule has 5 heteroatoms. The molecule has 76 valence electrons. The van der Waals surface area contributed by atoms with Crippen LogP contribution in [0, 0.1) is 0 Å². The van der Waals surface area contributed by atoms with Gasteiger partial charge in [0.2, 0.25) is 5.91 Å². The minimum Gasteiger partial charge on any atom is -0.320 e. The molecule has 14 heavy (non-hydrogen) atoms. The second kappa shape index (κ2) is 4.93. The largest absolute Gasteiger partial charge is 0.320 e. The maximum absolute atomic E-state index is 11.3. The van der Waals surface area contributed by atoms with E-state index in [4.69, 9.17) is 17.3 Å². The van der Waals surface area contributed by atoms with E-state index in [9.17, 15) is 4.79 Å². The summed E-state index contributed by atoms with van der Waals surface area (Å²) in [6.45, 7) is 1.85. The van der Waals surface area contributed by atoms with Gasteiger partial charge in [-0.3, -0.25) is 4.79 Å². The molecule has 3 N–H and O–H groups in total. The van der Waals surface area contributed by atoms with Crippen LogP contribution in [0.15, 0.2) is 18.3 Å². The molecule has 1 unspecified atom stereocenters. The smallest absolute Gasteiger partial charge is 0.242 e. The third kappa shape index (κ3) is 2.97. The summed E-state index contributed by atoms with van der Waals surface area (Å²) in [5.74, 6) is 0.227. The lowest BCUT2D eigenvalue weighted by atomic mass is 10.2. The molecule has 0 aliphatic rings. The molecule has 0 bridgehead atoms. The number of amides is 1. The van der Waals surface area contributed by atoms with Gasteiger partial charge in [-0.25, -0.2) is 4.98 Å². The number of halogens is 1. The number of hydrogen-bond donors (Lipinski definition) is 2. The maximum atomic E-state index is 11.3. The van der Waals surface area contributed by atoms with Crippen LogP contribution in [-0.2, 0) is 4.79 Å². The van der Waals surface area contributed by atoms with Gasteiger partial charge in [-0.05, 0) is 18.6 Å². The van der Waals surface area contributed by atoms with Gasteiger partial charge in [-0.2, -0.15) is 0 Å². The number of nitrogens with one attached hydrogen (secondary N) is 1. The Morgan fingerprint density at radius 3 is 2.93 bits per heavy atom. The summed E-state index contributed by atoms with van der Waals surface area (Å²) in [7, 11) is 0. The minimum atomic E-state index is -0.493. The zero-order valence-electron chi connectivity index (χ0n) is 7.83. The first-order chi connectivity index (χ1) is 6.63. The summed E-state index contributed by atoms with van der Waals surface area (Å²) >= 11 is 5.64. The van der Waals surface area contributed by atoms with Gasteiger partial charge in [-0.15, -0.1) is 0 Å². The standard InChI is InChI=1S/C9H12ClN3O/c1-2-7(11)9(14)13-8-4-3-6(10)5-12-8/h3-5,7H,2,11H2,1H3,(H,12,13,14). The summed E-state index contributed by atoms with van der Waals surface area (Å²) in [5, 5.41) is 3.12. The Bertz CT molecular complexity index is 312. The van der Waals surface area contributed by atoms with Crippen LogP contribution in [0.5, 0.6) is 0 Å². The van der Waals surface area contributed by atoms with Gasteiger partial charge in [0.05, 0.1) is 11.1 Å². The fourth-order valence-electron chi connectivity index (χ4n) is 0.854. The Morgan fingerprint density at radius 2 is 2.43 bits per heavy atom. The van der Waals surface area contributed by atoms with Gasteiger partial charge in [0.25, 0.3) is 0 Å². The molecule has 0 aliphatic heterocycles. The average molecular weight is 214 g/mol. The van der Waals surface area contributed by atoms with Crippen LogP contribution in [0.3, 0.4) is 0 Å². The lowest BCUT2D eigenvalue weighted by Gasteiger charge is -2.08. The van der Waals surface area contributed by atoms with Crippen LogP contribution in [0.2, 0.25) is 5.02 Å². The number of carbonyl (C=O) groups excluding carboxylic acids is 1. The van der Waals surface area contributed by atoms with Crippen LogP contribution in [0.4, 0.5) is 5.82 Å². The van der Waals surface area contributed by atoms with Gasteiger partial charge >= 0.3 is 0 Å². The molecule has 0 spiro atoms. The first-order valence-corrected chi connectivity index (χ1v) is 4.69. The molecule has 0 saturated heterocycles. The molecule has 1 atom stereocenters. The van der Waals surface area contributed by atoms with Crippen molar-refractivity contribution in [1.82, 2.24) is 4.98 Å². The predicted octanol–water partition coefficient (Wildman–Crippen LogP) is 1.41. The number of nitrogens with two attached hydrogens (primary N) is 1. The van der Waals surface area contributed by atoms with Crippen molar-refractivity contribution in [2.45, 2.75) is 19.4 Å². The highest BCUT2D eigenvalue weighted by atomic mass is 35.5. The van der Waals surface area contributed by atoms with Crippen LogP contribution in [-0.4, -0.2) is 16.9 Å². The fourth-order valence-corrected chi connectivity index (χ4v) is 0.966. The second-order valence-electron chi connectivity index (χ2n) is 2.87. The van der Waals surface area contributed by atoms with E-state index in [0.29, 0.717) is 17.3 Å². The highest BCUT2D eigenvalue weighted by Crippen LogP contribution is 2.09. The maximum Gasteiger partial charge on any atom is 0.242 e. The number of aromatic nitrogens is 1. The van der Waals surface area contributed by atoms with Crippen LogP contribution in [0.25, 0.3) is 0 Å². The monoisotopic (exact) mass is 213 g/mol. The van der Waals surface area contributed by atoms with Crippen molar-refractivity contribution in [2.24, 2.45) is 5.73 Å². The van der Waals surface area contributed by atoms with Crippen molar-refractivity contribution in [3.8, 4) is 0 Å². The molecule has 1 heterocycles. The molecular formula is C9H12ClN3O. The molecule has 0 aromatic carbocycles. The Hall–Kier alpha value is -1.13. The van der Waals surface area contributed by atoms with Crippen molar-refractivity contribution in [1.29, 1.82) is 0 Å². The van der Waals surface area contributed by atoms with E-state index in [0.717, 1.165) is 0 Å². The molecule has 1 aromatic rings. The van der Waals surface area contributed by atoms with Crippen molar-refractivity contribution in [3.63, 3.8) is 0 Å². The third-order valence-corrected chi connectivity index (χ3v) is 1.98. The van der Waals surface area contributed by atoms with E-state index < -0.39 is 6.04 Å². The lowest BCUT2D eigenvalue weighted by Crippen LogP contribution is -2.35. The van der Waals surface area contributed by atoms with Crippen LogP contribution < -0.4 is 11.1 Å². The van der Waals surface area contributed by atoms with Crippen molar-refractivity contribution in [2.75, 3.05) is 5.32 Å². The van der Waals surface area contributed by atoms with Gasteiger partial charge in [0.15, 0.2) is 0 Å². The fraction of sp³-hybridized carbons (Fsp3) is 0.333. The molecule has 1 rings (SSSR count). The number of anilines is 1. The molecular weight excluding hydrogens is 202 g/mol. The van der Waals surface area contributed by atoms with E-state index in [1.165, 1.54) is 6.20 Å². The summed E-state index contributed by atoms with van der Waals surface area (Å²) in [6.07, 6.45) is 2.06. The SMILES string of the molecule is CCC(N)C(=O)Nc1ccc(Cl)cn1. The predicted molar refractivity (Wildman–Crippen MR) is 56.1 cm³/mol. The van der Waals surface area contributed by atoms with Crippen molar-refractivity contribution >= 4 is 23.3 Å². The number of carbonyl (C=O) groups is 1. The van der Waals surface area contributed by atoms with E-state index in [1.807, 2.05) is 6.92 Å². The van der Waals surface area contributed by atoms with E-state index in [-0.39, 0.29) is 5.91 Å². The molecule has 0 aliphatic carbocycles. The van der Waals surface area contributed by atoms with E-state index >= 15 is 0 Å². The Labute approximate surface area is 87.5 Å².